The molecular weight excluding hydrogens is 307 g/mol. The summed E-state index contributed by atoms with van der Waals surface area (Å²) in [5.41, 5.74) is 3.48. The number of aromatic nitrogens is 2. The van der Waals surface area contributed by atoms with E-state index < -0.39 is 23.1 Å². The van der Waals surface area contributed by atoms with Crippen LogP contribution in [0.15, 0.2) is 29.1 Å². The summed E-state index contributed by atoms with van der Waals surface area (Å²) in [6.07, 6.45) is -4.78. The molecule has 23 heavy (non-hydrogen) atoms. The minimum absolute atomic E-state index is 0.0722. The molecule has 0 aliphatic rings. The van der Waals surface area contributed by atoms with Crippen LogP contribution in [0.2, 0.25) is 0 Å². The molecule has 0 saturated carbocycles. The summed E-state index contributed by atoms with van der Waals surface area (Å²) in [6, 6.07) is 6.92. The molecule has 0 saturated heterocycles. The molecule has 0 radical (unpaired) electrons. The summed E-state index contributed by atoms with van der Waals surface area (Å²) in [4.78, 5) is 15.5. The predicted octanol–water partition coefficient (Wildman–Crippen LogP) is 3.35. The zero-order valence-corrected chi connectivity index (χ0v) is 13.3. The summed E-state index contributed by atoms with van der Waals surface area (Å²) in [7, 11) is 1.35. The lowest BCUT2D eigenvalue weighted by molar-refractivity contribution is -0.140. The van der Waals surface area contributed by atoms with Crippen LogP contribution < -0.4 is 11.3 Å². The second-order valence-electron chi connectivity index (χ2n) is 6.39. The number of nitrogen functional groups attached to an aromatic ring is 1. The Balaban J connectivity index is 2.65. The van der Waals surface area contributed by atoms with E-state index in [1.807, 2.05) is 32.9 Å². The van der Waals surface area contributed by atoms with Crippen LogP contribution in [0.1, 0.15) is 32.0 Å². The van der Waals surface area contributed by atoms with E-state index in [-0.39, 0.29) is 11.2 Å². The van der Waals surface area contributed by atoms with Crippen LogP contribution in [0, 0.1) is 0 Å². The highest BCUT2D eigenvalue weighted by molar-refractivity contribution is 5.59. The molecule has 1 aromatic carbocycles. The van der Waals surface area contributed by atoms with Crippen molar-refractivity contribution in [1.82, 2.24) is 9.55 Å². The van der Waals surface area contributed by atoms with Gasteiger partial charge in [0.15, 0.2) is 5.69 Å². The van der Waals surface area contributed by atoms with Crippen molar-refractivity contribution < 1.29 is 13.2 Å². The number of nitrogens with zero attached hydrogens (tertiary/aromatic N) is 2. The fourth-order valence-electron chi connectivity index (χ4n) is 2.21. The zero-order valence-electron chi connectivity index (χ0n) is 13.3. The van der Waals surface area contributed by atoms with Crippen LogP contribution in [-0.4, -0.2) is 9.55 Å². The Bertz CT molecular complexity index is 784. The minimum Gasteiger partial charge on any atom is -0.392 e. The van der Waals surface area contributed by atoms with Crippen LogP contribution in [-0.2, 0) is 18.6 Å². The van der Waals surface area contributed by atoms with Gasteiger partial charge in [-0.3, -0.25) is 9.36 Å². The first-order chi connectivity index (χ1) is 10.4. The van der Waals surface area contributed by atoms with Crippen molar-refractivity contribution in [2.75, 3.05) is 5.73 Å². The maximum Gasteiger partial charge on any atom is 0.435 e. The number of nitrogens with two attached hydrogens (primary N) is 1. The molecule has 0 spiro atoms. The van der Waals surface area contributed by atoms with Gasteiger partial charge in [-0.25, -0.2) is 4.98 Å². The van der Waals surface area contributed by atoms with Gasteiger partial charge < -0.3 is 5.73 Å². The van der Waals surface area contributed by atoms with E-state index in [1.54, 1.807) is 12.1 Å². The molecule has 1 heterocycles. The van der Waals surface area contributed by atoms with Crippen LogP contribution in [0.25, 0.3) is 11.4 Å². The number of halogens is 3. The standard InChI is InChI=1S/C16H18F3N3O/c1-15(2,3)10-7-5-9(6-8-10)13-21-12(16(17,18)19)11(20)14(23)22(13)4/h5-8H,20H2,1-4H3. The number of hydrogen-bond acceptors (Lipinski definition) is 3. The smallest absolute Gasteiger partial charge is 0.392 e. The van der Waals surface area contributed by atoms with Crippen molar-refractivity contribution >= 4 is 5.69 Å². The molecule has 0 bridgehead atoms. The van der Waals surface area contributed by atoms with Crippen LogP contribution in [0.5, 0.6) is 0 Å². The Kier molecular flexibility index (Phi) is 4.00. The van der Waals surface area contributed by atoms with Crippen molar-refractivity contribution in [1.29, 1.82) is 0 Å². The number of alkyl halides is 3. The quantitative estimate of drug-likeness (QED) is 0.875. The van der Waals surface area contributed by atoms with E-state index in [2.05, 4.69) is 4.98 Å². The van der Waals surface area contributed by atoms with Gasteiger partial charge in [-0.2, -0.15) is 13.2 Å². The number of benzene rings is 1. The number of rotatable bonds is 1. The lowest BCUT2D eigenvalue weighted by Gasteiger charge is -2.19. The first-order valence-corrected chi connectivity index (χ1v) is 6.97. The number of anilines is 1. The molecular formula is C16H18F3N3O. The van der Waals surface area contributed by atoms with E-state index in [9.17, 15) is 18.0 Å². The maximum absolute atomic E-state index is 13.0. The third kappa shape index (κ3) is 3.23. The Labute approximate surface area is 131 Å². The topological polar surface area (TPSA) is 60.9 Å². The first kappa shape index (κ1) is 17.1. The fourth-order valence-corrected chi connectivity index (χ4v) is 2.21. The van der Waals surface area contributed by atoms with Crippen molar-refractivity contribution in [2.45, 2.75) is 32.4 Å². The molecule has 124 valence electrons. The monoisotopic (exact) mass is 325 g/mol. The van der Waals surface area contributed by atoms with E-state index in [4.69, 9.17) is 5.73 Å². The lowest BCUT2D eigenvalue weighted by Crippen LogP contribution is -2.28. The largest absolute Gasteiger partial charge is 0.435 e. The molecule has 1 aromatic heterocycles. The zero-order chi connectivity index (χ0) is 17.6. The SMILES string of the molecule is Cn1c(-c2ccc(C(C)(C)C)cc2)nc(C(F)(F)F)c(N)c1=O. The van der Waals surface area contributed by atoms with Gasteiger partial charge in [0.25, 0.3) is 5.56 Å². The van der Waals surface area contributed by atoms with Gasteiger partial charge in [-0.05, 0) is 11.0 Å². The second-order valence-corrected chi connectivity index (χ2v) is 6.39. The lowest BCUT2D eigenvalue weighted by atomic mass is 9.86. The Morgan fingerprint density at radius 2 is 1.61 bits per heavy atom. The van der Waals surface area contributed by atoms with Crippen molar-refractivity contribution in [3.8, 4) is 11.4 Å². The van der Waals surface area contributed by atoms with Gasteiger partial charge >= 0.3 is 6.18 Å². The van der Waals surface area contributed by atoms with Gasteiger partial charge in [0.2, 0.25) is 0 Å². The number of hydrogen-bond donors (Lipinski definition) is 1. The van der Waals surface area contributed by atoms with E-state index >= 15 is 0 Å². The third-order valence-corrected chi connectivity index (χ3v) is 3.60. The summed E-state index contributed by atoms with van der Waals surface area (Å²) in [6.45, 7) is 6.09. The predicted molar refractivity (Wildman–Crippen MR) is 83.0 cm³/mol. The molecule has 2 aromatic rings. The third-order valence-electron chi connectivity index (χ3n) is 3.60. The van der Waals surface area contributed by atoms with Gasteiger partial charge in [0.1, 0.15) is 11.5 Å². The molecule has 0 unspecified atom stereocenters. The fraction of sp³-hybridized carbons (Fsp3) is 0.375. The maximum atomic E-state index is 13.0. The van der Waals surface area contributed by atoms with Crippen LogP contribution in [0.4, 0.5) is 18.9 Å². The van der Waals surface area contributed by atoms with Crippen molar-refractivity contribution in [3.05, 3.63) is 45.9 Å². The Hall–Kier alpha value is -2.31. The molecule has 0 fully saturated rings. The molecule has 0 aliphatic carbocycles. The molecule has 0 atom stereocenters. The van der Waals surface area contributed by atoms with E-state index in [0.29, 0.717) is 5.56 Å². The summed E-state index contributed by atoms with van der Waals surface area (Å²) >= 11 is 0. The summed E-state index contributed by atoms with van der Waals surface area (Å²) in [5, 5.41) is 0. The molecule has 2 N–H and O–H groups in total. The van der Waals surface area contributed by atoms with Gasteiger partial charge in [0.05, 0.1) is 0 Å². The van der Waals surface area contributed by atoms with Gasteiger partial charge in [-0.15, -0.1) is 0 Å². The molecule has 0 aliphatic heterocycles. The molecule has 0 amide bonds. The van der Waals surface area contributed by atoms with Crippen LogP contribution >= 0.6 is 0 Å². The molecule has 7 heteroatoms. The van der Waals surface area contributed by atoms with Crippen molar-refractivity contribution in [2.24, 2.45) is 7.05 Å². The highest BCUT2D eigenvalue weighted by atomic mass is 19.4. The average Bonchev–Trinajstić information content (AvgIpc) is 2.43. The van der Waals surface area contributed by atoms with Crippen LogP contribution in [0.3, 0.4) is 0 Å². The second kappa shape index (κ2) is 5.40. The minimum atomic E-state index is -4.78. The highest BCUT2D eigenvalue weighted by Crippen LogP contribution is 2.32. The summed E-state index contributed by atoms with van der Waals surface area (Å²) in [5.74, 6) is -0.0722. The molecule has 2 rings (SSSR count). The van der Waals surface area contributed by atoms with Gasteiger partial charge in [0, 0.05) is 12.6 Å². The van der Waals surface area contributed by atoms with E-state index in [1.165, 1.54) is 7.05 Å². The highest BCUT2D eigenvalue weighted by Gasteiger charge is 2.37. The summed E-state index contributed by atoms with van der Waals surface area (Å²) < 4.78 is 40.0. The Morgan fingerprint density at radius 1 is 1.09 bits per heavy atom. The Morgan fingerprint density at radius 3 is 2.04 bits per heavy atom. The molecule has 4 nitrogen and oxygen atoms in total. The average molecular weight is 325 g/mol. The van der Waals surface area contributed by atoms with Gasteiger partial charge in [-0.1, -0.05) is 45.0 Å². The normalized spacial score (nSPS) is 12.5. The van der Waals surface area contributed by atoms with Crippen molar-refractivity contribution in [3.63, 3.8) is 0 Å². The van der Waals surface area contributed by atoms with E-state index in [0.717, 1.165) is 10.1 Å². The first-order valence-electron chi connectivity index (χ1n) is 6.97.